The first-order valence-electron chi connectivity index (χ1n) is 6.22. The first-order valence-corrected chi connectivity index (χ1v) is 6.22. The summed E-state index contributed by atoms with van der Waals surface area (Å²) in [6.45, 7) is 8.57. The maximum absolute atomic E-state index is 3.73. The molecular formula is C12H24N2. The summed E-state index contributed by atoms with van der Waals surface area (Å²) >= 11 is 0. The zero-order valence-electron chi connectivity index (χ0n) is 9.63. The average Bonchev–Trinajstić information content (AvgIpc) is 2.44. The van der Waals surface area contributed by atoms with Crippen LogP contribution in [0.15, 0.2) is 0 Å². The largest absolute Gasteiger partial charge is 0.310 e. The summed E-state index contributed by atoms with van der Waals surface area (Å²) in [4.78, 5) is 2.66. The van der Waals surface area contributed by atoms with Crippen LogP contribution in [0.4, 0.5) is 0 Å². The number of fused-ring (bicyclic) bond motifs is 2. The molecule has 2 saturated heterocycles. The molecule has 2 aliphatic rings. The van der Waals surface area contributed by atoms with Crippen LogP contribution in [0.1, 0.15) is 39.5 Å². The van der Waals surface area contributed by atoms with Gasteiger partial charge < -0.3 is 10.2 Å². The standard InChI is InChI=1S/C12H24N2/c1-10(2)5-7-14-8-6-11-3-4-12(9-14)13-11/h10-13H,3-9H2,1-2H3. The van der Waals surface area contributed by atoms with Gasteiger partial charge in [-0.2, -0.15) is 0 Å². The third kappa shape index (κ3) is 2.71. The van der Waals surface area contributed by atoms with Crippen LogP contribution >= 0.6 is 0 Å². The van der Waals surface area contributed by atoms with E-state index in [4.69, 9.17) is 0 Å². The van der Waals surface area contributed by atoms with E-state index in [1.807, 2.05) is 0 Å². The molecule has 0 radical (unpaired) electrons. The molecule has 2 rings (SSSR count). The number of hydrogen-bond donors (Lipinski definition) is 1. The first-order chi connectivity index (χ1) is 6.74. The van der Waals surface area contributed by atoms with Crippen molar-refractivity contribution < 1.29 is 0 Å². The van der Waals surface area contributed by atoms with Gasteiger partial charge in [0.05, 0.1) is 0 Å². The summed E-state index contributed by atoms with van der Waals surface area (Å²) in [5.74, 6) is 0.850. The van der Waals surface area contributed by atoms with Crippen molar-refractivity contribution in [3.8, 4) is 0 Å². The number of nitrogens with one attached hydrogen (secondary N) is 1. The Morgan fingerprint density at radius 1 is 1.21 bits per heavy atom. The van der Waals surface area contributed by atoms with E-state index in [9.17, 15) is 0 Å². The maximum Gasteiger partial charge on any atom is 0.0198 e. The number of rotatable bonds is 3. The lowest BCUT2D eigenvalue weighted by molar-refractivity contribution is 0.245. The molecule has 0 saturated carbocycles. The minimum Gasteiger partial charge on any atom is -0.310 e. The second-order valence-electron chi connectivity index (χ2n) is 5.41. The Morgan fingerprint density at radius 3 is 2.79 bits per heavy atom. The zero-order chi connectivity index (χ0) is 9.97. The Balaban J connectivity index is 1.77. The first kappa shape index (κ1) is 10.4. The minimum atomic E-state index is 0.801. The van der Waals surface area contributed by atoms with E-state index in [1.165, 1.54) is 45.3 Å². The van der Waals surface area contributed by atoms with Gasteiger partial charge in [0.15, 0.2) is 0 Å². The van der Waals surface area contributed by atoms with Gasteiger partial charge >= 0.3 is 0 Å². The summed E-state index contributed by atoms with van der Waals surface area (Å²) in [7, 11) is 0. The minimum absolute atomic E-state index is 0.801. The van der Waals surface area contributed by atoms with Crippen molar-refractivity contribution in [1.29, 1.82) is 0 Å². The Morgan fingerprint density at radius 2 is 2.00 bits per heavy atom. The second-order valence-corrected chi connectivity index (χ2v) is 5.41. The molecule has 2 atom stereocenters. The highest BCUT2D eigenvalue weighted by Crippen LogP contribution is 2.20. The molecule has 0 aliphatic carbocycles. The zero-order valence-corrected chi connectivity index (χ0v) is 9.63. The van der Waals surface area contributed by atoms with Gasteiger partial charge in [-0.05, 0) is 44.7 Å². The van der Waals surface area contributed by atoms with Crippen molar-refractivity contribution in [2.24, 2.45) is 5.92 Å². The lowest BCUT2D eigenvalue weighted by Gasteiger charge is -2.24. The Kier molecular flexibility index (Phi) is 3.45. The third-order valence-corrected chi connectivity index (χ3v) is 3.63. The summed E-state index contributed by atoms with van der Waals surface area (Å²) in [6, 6.07) is 1.64. The van der Waals surface area contributed by atoms with Crippen molar-refractivity contribution in [3.63, 3.8) is 0 Å². The van der Waals surface area contributed by atoms with Gasteiger partial charge in [0, 0.05) is 18.6 Å². The topological polar surface area (TPSA) is 15.3 Å². The van der Waals surface area contributed by atoms with Crippen molar-refractivity contribution in [1.82, 2.24) is 10.2 Å². The number of nitrogens with zero attached hydrogens (tertiary/aromatic N) is 1. The maximum atomic E-state index is 3.73. The van der Waals surface area contributed by atoms with Gasteiger partial charge in [-0.25, -0.2) is 0 Å². The fourth-order valence-electron chi connectivity index (χ4n) is 2.66. The van der Waals surface area contributed by atoms with Crippen LogP contribution in [0.3, 0.4) is 0 Å². The molecule has 14 heavy (non-hydrogen) atoms. The Labute approximate surface area is 88.1 Å². The van der Waals surface area contributed by atoms with Gasteiger partial charge in [0.1, 0.15) is 0 Å². The summed E-state index contributed by atoms with van der Waals surface area (Å²) in [5, 5.41) is 3.73. The fourth-order valence-corrected chi connectivity index (χ4v) is 2.66. The highest BCUT2D eigenvalue weighted by Gasteiger charge is 2.28. The molecule has 2 fully saturated rings. The van der Waals surface area contributed by atoms with E-state index in [-0.39, 0.29) is 0 Å². The monoisotopic (exact) mass is 196 g/mol. The molecular weight excluding hydrogens is 172 g/mol. The van der Waals surface area contributed by atoms with E-state index >= 15 is 0 Å². The molecule has 0 amide bonds. The third-order valence-electron chi connectivity index (χ3n) is 3.63. The highest BCUT2D eigenvalue weighted by molar-refractivity contribution is 4.89. The molecule has 0 aromatic heterocycles. The second kappa shape index (κ2) is 4.63. The molecule has 2 unspecified atom stereocenters. The molecule has 0 spiro atoms. The predicted octanol–water partition coefficient (Wildman–Crippen LogP) is 1.86. The molecule has 2 heteroatoms. The highest BCUT2D eigenvalue weighted by atomic mass is 15.2. The van der Waals surface area contributed by atoms with Gasteiger partial charge in [0.2, 0.25) is 0 Å². The van der Waals surface area contributed by atoms with Crippen LogP contribution < -0.4 is 5.32 Å². The summed E-state index contributed by atoms with van der Waals surface area (Å²) in [5.41, 5.74) is 0. The van der Waals surface area contributed by atoms with Crippen LogP contribution in [0, 0.1) is 5.92 Å². The molecule has 2 aliphatic heterocycles. The lowest BCUT2D eigenvalue weighted by atomic mass is 10.1. The van der Waals surface area contributed by atoms with Crippen LogP contribution in [0.2, 0.25) is 0 Å². The number of hydrogen-bond acceptors (Lipinski definition) is 2. The fraction of sp³-hybridized carbons (Fsp3) is 1.00. The van der Waals surface area contributed by atoms with E-state index < -0.39 is 0 Å². The summed E-state index contributed by atoms with van der Waals surface area (Å²) < 4.78 is 0. The van der Waals surface area contributed by atoms with Crippen molar-refractivity contribution in [2.75, 3.05) is 19.6 Å². The molecule has 1 N–H and O–H groups in total. The molecule has 2 bridgehead atoms. The molecule has 0 aromatic rings. The van der Waals surface area contributed by atoms with Crippen LogP contribution in [0.5, 0.6) is 0 Å². The molecule has 0 aromatic carbocycles. The van der Waals surface area contributed by atoms with Crippen LogP contribution in [-0.2, 0) is 0 Å². The van der Waals surface area contributed by atoms with Gasteiger partial charge in [-0.1, -0.05) is 13.8 Å². The Hall–Kier alpha value is -0.0800. The number of likely N-dealkylation sites (tertiary alicyclic amines) is 1. The molecule has 2 heterocycles. The Bertz CT molecular complexity index is 179. The average molecular weight is 196 g/mol. The van der Waals surface area contributed by atoms with E-state index in [2.05, 4.69) is 24.1 Å². The molecule has 82 valence electrons. The smallest absolute Gasteiger partial charge is 0.0198 e. The van der Waals surface area contributed by atoms with E-state index in [1.54, 1.807) is 0 Å². The van der Waals surface area contributed by atoms with E-state index in [0.717, 1.165) is 18.0 Å². The van der Waals surface area contributed by atoms with Crippen LogP contribution in [-0.4, -0.2) is 36.6 Å². The van der Waals surface area contributed by atoms with Gasteiger partial charge in [0.25, 0.3) is 0 Å². The lowest BCUT2D eigenvalue weighted by Crippen LogP contribution is -2.36. The van der Waals surface area contributed by atoms with Crippen molar-refractivity contribution in [3.05, 3.63) is 0 Å². The van der Waals surface area contributed by atoms with Crippen molar-refractivity contribution >= 4 is 0 Å². The van der Waals surface area contributed by atoms with E-state index in [0.29, 0.717) is 0 Å². The normalized spacial score (nSPS) is 33.6. The predicted molar refractivity (Wildman–Crippen MR) is 60.5 cm³/mol. The van der Waals surface area contributed by atoms with Gasteiger partial charge in [-0.3, -0.25) is 0 Å². The SMILES string of the molecule is CC(C)CCN1CCC2CCC(C1)N2. The van der Waals surface area contributed by atoms with Gasteiger partial charge in [-0.15, -0.1) is 0 Å². The summed E-state index contributed by atoms with van der Waals surface area (Å²) in [6.07, 6.45) is 5.55. The quantitative estimate of drug-likeness (QED) is 0.741. The van der Waals surface area contributed by atoms with Crippen LogP contribution in [0.25, 0.3) is 0 Å². The van der Waals surface area contributed by atoms with Crippen molar-refractivity contribution in [2.45, 2.75) is 51.6 Å². The molecule has 2 nitrogen and oxygen atoms in total.